The van der Waals surface area contributed by atoms with Crippen LogP contribution in [0.5, 0.6) is 0 Å². The van der Waals surface area contributed by atoms with Gasteiger partial charge in [-0.15, -0.1) is 0 Å². The van der Waals surface area contributed by atoms with Crippen molar-refractivity contribution in [2.24, 2.45) is 0 Å². The zero-order valence-electron chi connectivity index (χ0n) is 15.0. The van der Waals surface area contributed by atoms with Crippen LogP contribution in [0.1, 0.15) is 19.8 Å². The lowest BCUT2D eigenvalue weighted by atomic mass is 10.2. The maximum Gasteiger partial charge on any atom is 0.326 e. The Bertz CT molecular complexity index is 812. The minimum absolute atomic E-state index is 0.366. The van der Waals surface area contributed by atoms with Gasteiger partial charge in [0.05, 0.1) is 0 Å². The van der Waals surface area contributed by atoms with E-state index in [1.807, 2.05) is 12.1 Å². The third kappa shape index (κ3) is 3.97. The molecule has 1 aliphatic rings. The van der Waals surface area contributed by atoms with Gasteiger partial charge in [-0.3, -0.25) is 9.36 Å². The number of amides is 1. The lowest BCUT2D eigenvalue weighted by molar-refractivity contribution is -0.150. The van der Waals surface area contributed by atoms with Crippen LogP contribution in [0, 0.1) is 0 Å². The van der Waals surface area contributed by atoms with Gasteiger partial charge >= 0.3 is 5.97 Å². The third-order valence-electron chi connectivity index (χ3n) is 4.67. The Kier molecular flexibility index (Phi) is 5.78. The predicted octanol–water partition coefficient (Wildman–Crippen LogP) is 2.40. The Labute approximate surface area is 158 Å². The van der Waals surface area contributed by atoms with Crippen molar-refractivity contribution in [1.82, 2.24) is 4.90 Å². The molecule has 2 atom stereocenters. The number of benzene rings is 2. The van der Waals surface area contributed by atoms with E-state index in [9.17, 15) is 19.3 Å². The molecule has 2 aromatic rings. The molecule has 2 aromatic carbocycles. The highest BCUT2D eigenvalue weighted by Crippen LogP contribution is 2.46. The van der Waals surface area contributed by atoms with Crippen LogP contribution in [0.25, 0.3) is 0 Å². The molecule has 27 heavy (non-hydrogen) atoms. The molecule has 0 radical (unpaired) electrons. The molecule has 0 saturated carbocycles. The van der Waals surface area contributed by atoms with Crippen LogP contribution in [0.2, 0.25) is 0 Å². The molecule has 1 heterocycles. The molecule has 0 bridgehead atoms. The molecular weight excluding hydrogens is 365 g/mol. The Balaban J connectivity index is 1.90. The molecule has 1 saturated heterocycles. The van der Waals surface area contributed by atoms with Gasteiger partial charge in [-0.25, -0.2) is 4.79 Å². The zero-order chi connectivity index (χ0) is 19.4. The molecule has 6 nitrogen and oxygen atoms in total. The van der Waals surface area contributed by atoms with E-state index in [4.69, 9.17) is 4.52 Å². The van der Waals surface area contributed by atoms with Gasteiger partial charge in [0, 0.05) is 17.2 Å². The lowest BCUT2D eigenvalue weighted by Crippen LogP contribution is -2.45. The summed E-state index contributed by atoms with van der Waals surface area (Å²) in [6, 6.07) is 16.7. The van der Waals surface area contributed by atoms with E-state index in [0.29, 0.717) is 30.0 Å². The summed E-state index contributed by atoms with van der Waals surface area (Å²) in [5, 5.41) is 10.3. The summed E-state index contributed by atoms with van der Waals surface area (Å²) in [7, 11) is -3.51. The molecule has 142 valence electrons. The minimum atomic E-state index is -3.51. The van der Waals surface area contributed by atoms with Crippen LogP contribution in [0.3, 0.4) is 0 Å². The molecule has 0 aliphatic carbocycles. The maximum atomic E-state index is 13.9. The monoisotopic (exact) mass is 387 g/mol. The molecule has 0 spiro atoms. The highest BCUT2D eigenvalue weighted by molar-refractivity contribution is 7.74. The summed E-state index contributed by atoms with van der Waals surface area (Å²) in [4.78, 5) is 25.5. The molecule has 1 N–H and O–H groups in total. The van der Waals surface area contributed by atoms with Crippen molar-refractivity contribution < 1.29 is 23.8 Å². The van der Waals surface area contributed by atoms with Crippen molar-refractivity contribution in [3.05, 3.63) is 60.7 Å². The van der Waals surface area contributed by atoms with E-state index in [1.54, 1.807) is 48.5 Å². The largest absolute Gasteiger partial charge is 0.480 e. The molecule has 1 amide bonds. The summed E-state index contributed by atoms with van der Waals surface area (Å²) in [5.41, 5.74) is 0. The first kappa shape index (κ1) is 19.3. The highest BCUT2D eigenvalue weighted by atomic mass is 31.2. The van der Waals surface area contributed by atoms with Gasteiger partial charge in [-0.1, -0.05) is 36.4 Å². The summed E-state index contributed by atoms with van der Waals surface area (Å²) >= 11 is 0. The summed E-state index contributed by atoms with van der Waals surface area (Å²) in [6.07, 6.45) is 0.0176. The van der Waals surface area contributed by atoms with E-state index >= 15 is 0 Å². The van der Waals surface area contributed by atoms with Crippen molar-refractivity contribution in [3.8, 4) is 0 Å². The number of likely N-dealkylation sites (tertiary alicyclic amines) is 1. The van der Waals surface area contributed by atoms with Crippen molar-refractivity contribution in [2.45, 2.75) is 31.9 Å². The van der Waals surface area contributed by atoms with Gasteiger partial charge < -0.3 is 14.5 Å². The first-order valence-corrected chi connectivity index (χ1v) is 10.5. The molecule has 3 rings (SSSR count). The number of aliphatic carboxylic acids is 1. The molecule has 1 aliphatic heterocycles. The van der Waals surface area contributed by atoms with E-state index < -0.39 is 31.4 Å². The fourth-order valence-electron chi connectivity index (χ4n) is 3.31. The summed E-state index contributed by atoms with van der Waals surface area (Å²) < 4.78 is 19.7. The second-order valence-electron chi connectivity index (χ2n) is 6.50. The Morgan fingerprint density at radius 1 is 1.07 bits per heavy atom. The summed E-state index contributed by atoms with van der Waals surface area (Å²) in [6.45, 7) is 1.89. The van der Waals surface area contributed by atoms with Crippen LogP contribution in [-0.2, 0) is 18.7 Å². The first-order chi connectivity index (χ1) is 12.9. The first-order valence-electron chi connectivity index (χ1n) is 8.86. The number of hydrogen-bond acceptors (Lipinski definition) is 4. The number of carboxylic acid groups (broad SMARTS) is 1. The average molecular weight is 387 g/mol. The topological polar surface area (TPSA) is 83.9 Å². The number of hydrogen-bond donors (Lipinski definition) is 1. The Morgan fingerprint density at radius 3 is 2.07 bits per heavy atom. The van der Waals surface area contributed by atoms with Crippen LogP contribution in [-0.4, -0.2) is 40.6 Å². The van der Waals surface area contributed by atoms with Crippen molar-refractivity contribution in [1.29, 1.82) is 0 Å². The maximum absolute atomic E-state index is 13.9. The second-order valence-corrected chi connectivity index (χ2v) is 8.84. The molecular formula is C20H22NO5P. The van der Waals surface area contributed by atoms with Crippen LogP contribution >= 0.6 is 7.37 Å². The number of carboxylic acids is 1. The highest BCUT2D eigenvalue weighted by Gasteiger charge is 2.39. The smallest absolute Gasteiger partial charge is 0.326 e. The minimum Gasteiger partial charge on any atom is -0.480 e. The van der Waals surface area contributed by atoms with Crippen molar-refractivity contribution in [3.63, 3.8) is 0 Å². The SMILES string of the molecule is CC(OP(=O)(c1ccccc1)c1ccccc1)C(=O)N1CCC[C@H]1C(=O)O. The van der Waals surface area contributed by atoms with Crippen LogP contribution in [0.4, 0.5) is 0 Å². The van der Waals surface area contributed by atoms with Crippen molar-refractivity contribution >= 4 is 29.9 Å². The second kappa shape index (κ2) is 8.07. The number of rotatable bonds is 6. The molecule has 1 unspecified atom stereocenters. The molecule has 7 heteroatoms. The molecule has 1 fully saturated rings. The average Bonchev–Trinajstić information content (AvgIpc) is 3.18. The van der Waals surface area contributed by atoms with Gasteiger partial charge in [0.25, 0.3) is 13.3 Å². The Hall–Kier alpha value is -2.43. The summed E-state index contributed by atoms with van der Waals surface area (Å²) in [5.74, 6) is -1.48. The molecule has 0 aromatic heterocycles. The number of carbonyl (C=O) groups is 2. The zero-order valence-corrected chi connectivity index (χ0v) is 15.9. The van der Waals surface area contributed by atoms with Gasteiger partial charge in [-0.05, 0) is 44.0 Å². The third-order valence-corrected chi connectivity index (χ3v) is 7.24. The van der Waals surface area contributed by atoms with E-state index in [2.05, 4.69) is 0 Å². The van der Waals surface area contributed by atoms with Crippen molar-refractivity contribution in [2.75, 3.05) is 6.54 Å². The standard InChI is InChI=1S/C20H22NO5P/c1-15(19(22)21-14-8-13-18(21)20(23)24)26-27(25,16-9-4-2-5-10-16)17-11-6-3-7-12-17/h2-7,9-12,15,18H,8,13-14H2,1H3,(H,23,24)/t15?,18-/m0/s1. The quantitative estimate of drug-likeness (QED) is 0.770. The van der Waals surface area contributed by atoms with Crippen LogP contribution in [0.15, 0.2) is 60.7 Å². The fourth-order valence-corrected chi connectivity index (χ4v) is 5.51. The normalized spacial score (nSPS) is 18.3. The fraction of sp³-hybridized carbons (Fsp3) is 0.300. The van der Waals surface area contributed by atoms with E-state index in [-0.39, 0.29) is 0 Å². The van der Waals surface area contributed by atoms with E-state index in [1.165, 1.54) is 11.8 Å². The number of carbonyl (C=O) groups excluding carboxylic acids is 1. The van der Waals surface area contributed by atoms with Gasteiger partial charge in [0.15, 0.2) is 0 Å². The predicted molar refractivity (Wildman–Crippen MR) is 103 cm³/mol. The van der Waals surface area contributed by atoms with Crippen LogP contribution < -0.4 is 10.6 Å². The lowest BCUT2D eigenvalue weighted by Gasteiger charge is -2.28. The van der Waals surface area contributed by atoms with Gasteiger partial charge in [0.1, 0.15) is 12.1 Å². The Morgan fingerprint density at radius 2 is 1.59 bits per heavy atom. The van der Waals surface area contributed by atoms with Gasteiger partial charge in [0.2, 0.25) is 0 Å². The van der Waals surface area contributed by atoms with Gasteiger partial charge in [-0.2, -0.15) is 0 Å². The van der Waals surface area contributed by atoms with E-state index in [0.717, 1.165) is 0 Å². The number of nitrogens with zero attached hydrogens (tertiary/aromatic N) is 1.